The average Bonchev–Trinajstić information content (AvgIpc) is 2.24. The number of halogens is 2. The van der Waals surface area contributed by atoms with Gasteiger partial charge in [0.1, 0.15) is 9.84 Å². The third-order valence-corrected chi connectivity index (χ3v) is 3.98. The monoisotopic (exact) mass is 295 g/mol. The van der Waals surface area contributed by atoms with E-state index < -0.39 is 9.84 Å². The van der Waals surface area contributed by atoms with E-state index in [1.165, 1.54) is 6.26 Å². The first-order valence-corrected chi connectivity index (χ1v) is 8.04. The van der Waals surface area contributed by atoms with Gasteiger partial charge >= 0.3 is 0 Å². The quantitative estimate of drug-likeness (QED) is 0.784. The maximum Gasteiger partial charge on any atom is 0.149 e. The van der Waals surface area contributed by atoms with E-state index >= 15 is 0 Å². The molecule has 0 bridgehead atoms. The second-order valence-electron chi connectivity index (χ2n) is 3.96. The van der Waals surface area contributed by atoms with Crippen LogP contribution in [-0.4, -0.2) is 34.0 Å². The Labute approximate surface area is 112 Å². The van der Waals surface area contributed by atoms with Crippen LogP contribution in [-0.2, 0) is 15.7 Å². The molecule has 6 heteroatoms. The van der Waals surface area contributed by atoms with E-state index in [4.69, 9.17) is 23.2 Å². The molecule has 0 unspecified atom stereocenters. The van der Waals surface area contributed by atoms with Gasteiger partial charge in [0.2, 0.25) is 0 Å². The third-order valence-electron chi connectivity index (χ3n) is 2.42. The van der Waals surface area contributed by atoms with E-state index in [1.807, 2.05) is 24.1 Å². The molecule has 96 valence electrons. The summed E-state index contributed by atoms with van der Waals surface area (Å²) in [6.45, 7) is 0.440. The molecule has 0 fully saturated rings. The fraction of sp³-hybridized carbons (Fsp3) is 0.455. The largest absolute Gasteiger partial charge is 0.374 e. The van der Waals surface area contributed by atoms with Crippen LogP contribution >= 0.6 is 23.2 Å². The molecule has 0 aliphatic rings. The molecule has 0 atom stereocenters. The number of benzene rings is 1. The topological polar surface area (TPSA) is 37.4 Å². The minimum atomic E-state index is -2.95. The lowest BCUT2D eigenvalue weighted by Gasteiger charge is -2.19. The van der Waals surface area contributed by atoms with Crippen molar-refractivity contribution in [1.82, 2.24) is 0 Å². The molecular weight excluding hydrogens is 281 g/mol. The molecule has 0 aromatic heterocycles. The van der Waals surface area contributed by atoms with Crippen LogP contribution in [0.15, 0.2) is 18.2 Å². The van der Waals surface area contributed by atoms with Crippen LogP contribution in [0.5, 0.6) is 0 Å². The molecule has 0 saturated carbocycles. The first-order valence-electron chi connectivity index (χ1n) is 5.07. The lowest BCUT2D eigenvalue weighted by Crippen LogP contribution is -2.24. The summed E-state index contributed by atoms with van der Waals surface area (Å²) in [7, 11) is -1.12. The number of hydrogen-bond donors (Lipinski definition) is 0. The Morgan fingerprint density at radius 2 is 2.00 bits per heavy atom. The van der Waals surface area contributed by atoms with Gasteiger partial charge in [-0.25, -0.2) is 8.42 Å². The van der Waals surface area contributed by atoms with Crippen molar-refractivity contribution in [3.05, 3.63) is 28.8 Å². The molecule has 1 rings (SSSR count). The van der Waals surface area contributed by atoms with Gasteiger partial charge in [0.15, 0.2) is 0 Å². The molecule has 0 aliphatic carbocycles. The van der Waals surface area contributed by atoms with Crippen molar-refractivity contribution < 1.29 is 8.42 Å². The van der Waals surface area contributed by atoms with Gasteiger partial charge in [-0.3, -0.25) is 0 Å². The van der Waals surface area contributed by atoms with Crippen molar-refractivity contribution >= 4 is 38.7 Å². The summed E-state index contributed by atoms with van der Waals surface area (Å²) < 4.78 is 22.1. The first-order chi connectivity index (χ1) is 7.83. The highest BCUT2D eigenvalue weighted by atomic mass is 35.5. The number of rotatable bonds is 5. The van der Waals surface area contributed by atoms with Gasteiger partial charge < -0.3 is 4.90 Å². The number of hydrogen-bond acceptors (Lipinski definition) is 3. The molecule has 3 nitrogen and oxygen atoms in total. The van der Waals surface area contributed by atoms with Crippen molar-refractivity contribution in [2.45, 2.75) is 5.88 Å². The van der Waals surface area contributed by atoms with Crippen LogP contribution in [0.1, 0.15) is 5.56 Å². The van der Waals surface area contributed by atoms with Crippen LogP contribution in [0.2, 0.25) is 5.02 Å². The molecule has 0 amide bonds. The van der Waals surface area contributed by atoms with Crippen molar-refractivity contribution in [2.24, 2.45) is 0 Å². The van der Waals surface area contributed by atoms with Crippen molar-refractivity contribution in [2.75, 3.05) is 30.5 Å². The summed E-state index contributed by atoms with van der Waals surface area (Å²) in [6, 6.07) is 5.52. The molecule has 0 N–H and O–H groups in total. The highest BCUT2D eigenvalue weighted by Gasteiger charge is 2.08. The molecule has 0 radical (unpaired) electrons. The highest BCUT2D eigenvalue weighted by molar-refractivity contribution is 7.90. The van der Waals surface area contributed by atoms with Gasteiger partial charge in [-0.2, -0.15) is 0 Å². The van der Waals surface area contributed by atoms with Crippen LogP contribution in [0.3, 0.4) is 0 Å². The fourth-order valence-electron chi connectivity index (χ4n) is 1.31. The highest BCUT2D eigenvalue weighted by Crippen LogP contribution is 2.24. The van der Waals surface area contributed by atoms with Crippen LogP contribution in [0, 0.1) is 0 Å². The number of alkyl halides is 1. The Kier molecular flexibility index (Phi) is 5.10. The predicted molar refractivity (Wildman–Crippen MR) is 74.0 cm³/mol. The maximum atomic E-state index is 11.1. The molecule has 17 heavy (non-hydrogen) atoms. The van der Waals surface area contributed by atoms with E-state index in [1.54, 1.807) is 6.07 Å². The second kappa shape index (κ2) is 5.94. The Bertz CT molecular complexity index is 488. The summed E-state index contributed by atoms with van der Waals surface area (Å²) in [5, 5.41) is 0.601. The van der Waals surface area contributed by atoms with Gasteiger partial charge in [-0.05, 0) is 17.7 Å². The van der Waals surface area contributed by atoms with Crippen molar-refractivity contribution in [1.29, 1.82) is 0 Å². The van der Waals surface area contributed by atoms with Crippen molar-refractivity contribution in [3.63, 3.8) is 0 Å². The lowest BCUT2D eigenvalue weighted by molar-refractivity contribution is 0.601. The standard InChI is InChI=1S/C11H15Cl2NO2S/c1-14(5-6-17(2,15)16)10-4-3-9(8-12)11(13)7-10/h3-4,7H,5-6,8H2,1-2H3. The lowest BCUT2D eigenvalue weighted by atomic mass is 10.2. The van der Waals surface area contributed by atoms with E-state index in [0.717, 1.165) is 11.3 Å². The summed E-state index contributed by atoms with van der Waals surface area (Å²) in [6.07, 6.45) is 1.23. The molecule has 0 aliphatic heterocycles. The van der Waals surface area contributed by atoms with Gasteiger partial charge in [0.25, 0.3) is 0 Å². The molecular formula is C11H15Cl2NO2S. The molecule has 0 heterocycles. The zero-order valence-corrected chi connectivity index (χ0v) is 12.1. The van der Waals surface area contributed by atoms with E-state index in [2.05, 4.69) is 0 Å². The van der Waals surface area contributed by atoms with Crippen LogP contribution < -0.4 is 4.90 Å². The second-order valence-corrected chi connectivity index (χ2v) is 6.89. The number of nitrogens with zero attached hydrogens (tertiary/aromatic N) is 1. The SMILES string of the molecule is CN(CCS(C)(=O)=O)c1ccc(CCl)c(Cl)c1. The van der Waals surface area contributed by atoms with Gasteiger partial charge in [-0.15, -0.1) is 11.6 Å². The van der Waals surface area contributed by atoms with E-state index in [9.17, 15) is 8.42 Å². The first kappa shape index (κ1) is 14.6. The van der Waals surface area contributed by atoms with Crippen LogP contribution in [0.4, 0.5) is 5.69 Å². The maximum absolute atomic E-state index is 11.1. The van der Waals surface area contributed by atoms with Gasteiger partial charge in [0.05, 0.1) is 5.75 Å². The summed E-state index contributed by atoms with van der Waals surface area (Å²) in [4.78, 5) is 1.85. The third kappa shape index (κ3) is 4.74. The van der Waals surface area contributed by atoms with Gasteiger partial charge in [-0.1, -0.05) is 17.7 Å². The Morgan fingerprint density at radius 3 is 2.47 bits per heavy atom. The minimum Gasteiger partial charge on any atom is -0.374 e. The summed E-state index contributed by atoms with van der Waals surface area (Å²) in [5.41, 5.74) is 1.75. The normalized spacial score (nSPS) is 11.5. The smallest absolute Gasteiger partial charge is 0.149 e. The van der Waals surface area contributed by atoms with Gasteiger partial charge in [0, 0.05) is 36.4 Å². The summed E-state index contributed by atoms with van der Waals surface area (Å²) in [5.74, 6) is 0.491. The summed E-state index contributed by atoms with van der Waals surface area (Å²) >= 11 is 11.7. The average molecular weight is 296 g/mol. The van der Waals surface area contributed by atoms with E-state index in [0.29, 0.717) is 17.4 Å². The van der Waals surface area contributed by atoms with Crippen molar-refractivity contribution in [3.8, 4) is 0 Å². The Morgan fingerprint density at radius 1 is 1.35 bits per heavy atom. The molecule has 1 aromatic rings. The zero-order valence-electron chi connectivity index (χ0n) is 9.78. The van der Waals surface area contributed by atoms with Crippen LogP contribution in [0.25, 0.3) is 0 Å². The Balaban J connectivity index is 2.76. The zero-order chi connectivity index (χ0) is 13.1. The molecule has 0 saturated heterocycles. The molecule has 0 spiro atoms. The number of sulfone groups is 1. The minimum absolute atomic E-state index is 0.123. The van der Waals surface area contributed by atoms with E-state index in [-0.39, 0.29) is 5.75 Å². The number of anilines is 1. The molecule has 1 aromatic carbocycles. The predicted octanol–water partition coefficient (Wildman–Crippen LogP) is 2.56. The fourth-order valence-corrected chi connectivity index (χ4v) is 2.46. The Hall–Kier alpha value is -0.450.